The van der Waals surface area contributed by atoms with Crippen molar-refractivity contribution in [3.05, 3.63) is 69.8 Å². The number of nitrogens with one attached hydrogen (secondary N) is 1. The van der Waals surface area contributed by atoms with Crippen LogP contribution < -0.4 is 5.32 Å². The Morgan fingerprint density at radius 2 is 2.04 bits per heavy atom. The van der Waals surface area contributed by atoms with Gasteiger partial charge in [0, 0.05) is 24.8 Å². The van der Waals surface area contributed by atoms with E-state index in [1.165, 1.54) is 10.9 Å². The van der Waals surface area contributed by atoms with Crippen LogP contribution in [0.1, 0.15) is 12.0 Å². The zero-order valence-corrected chi connectivity index (χ0v) is 14.3. The van der Waals surface area contributed by atoms with Crippen LogP contribution in [0, 0.1) is 10.1 Å². The molecule has 2 aromatic heterocycles. The lowest BCUT2D eigenvalue weighted by Gasteiger charge is -2.08. The van der Waals surface area contributed by atoms with Crippen molar-refractivity contribution in [1.82, 2.24) is 19.6 Å². The van der Waals surface area contributed by atoms with Crippen molar-refractivity contribution < 1.29 is 9.72 Å². The smallest absolute Gasteiger partial charge is 0.306 e. The summed E-state index contributed by atoms with van der Waals surface area (Å²) in [6.45, 7) is 0.790. The van der Waals surface area contributed by atoms with Gasteiger partial charge in [0.25, 0.3) is 0 Å². The quantitative estimate of drug-likeness (QED) is 0.505. The average molecular weight is 375 g/mol. The number of amides is 1. The van der Waals surface area contributed by atoms with Gasteiger partial charge in [-0.2, -0.15) is 10.2 Å². The topological polar surface area (TPSA) is 108 Å². The molecule has 0 aliphatic carbocycles. The molecule has 0 fully saturated rings. The molecule has 3 rings (SSSR count). The minimum atomic E-state index is -0.526. The van der Waals surface area contributed by atoms with Gasteiger partial charge in [0.2, 0.25) is 5.91 Å². The molecule has 2 heterocycles. The molecule has 0 radical (unpaired) electrons. The van der Waals surface area contributed by atoms with E-state index < -0.39 is 4.92 Å². The second-order valence-corrected chi connectivity index (χ2v) is 6.01. The van der Waals surface area contributed by atoms with Gasteiger partial charge in [-0.25, -0.2) is 0 Å². The number of halogens is 1. The molecule has 1 aromatic carbocycles. The number of hydrogen-bond acceptors (Lipinski definition) is 5. The van der Waals surface area contributed by atoms with E-state index in [1.54, 1.807) is 23.1 Å². The van der Waals surface area contributed by atoms with E-state index in [9.17, 15) is 14.9 Å². The molecular formula is C16H15ClN6O3. The molecule has 9 nitrogen and oxygen atoms in total. The fraction of sp³-hybridized carbons (Fsp3) is 0.188. The number of aryl methyl sites for hydroxylation is 1. The Labute approximate surface area is 153 Å². The number of hydrogen-bond donors (Lipinski definition) is 1. The van der Waals surface area contributed by atoms with Crippen molar-refractivity contribution in [3.8, 4) is 0 Å². The van der Waals surface area contributed by atoms with Crippen molar-refractivity contribution in [2.45, 2.75) is 19.5 Å². The molecule has 0 spiro atoms. The van der Waals surface area contributed by atoms with Gasteiger partial charge in [0.15, 0.2) is 0 Å². The molecule has 0 saturated carbocycles. The van der Waals surface area contributed by atoms with Gasteiger partial charge in [-0.15, -0.1) is 0 Å². The van der Waals surface area contributed by atoms with Crippen LogP contribution in [0.4, 0.5) is 11.4 Å². The zero-order chi connectivity index (χ0) is 18.5. The third-order valence-electron chi connectivity index (χ3n) is 3.56. The summed E-state index contributed by atoms with van der Waals surface area (Å²) in [5.41, 5.74) is 1.53. The summed E-state index contributed by atoms with van der Waals surface area (Å²) in [6.07, 6.45) is 5.88. The standard InChI is InChI=1S/C16H15ClN6O3/c17-13-7-18-22(10-13)9-12-2-1-3-14(6-12)20-16(24)4-5-21-11-15(8-19-21)23(25)26/h1-3,6-8,10-11H,4-5,9H2,(H,20,24). The SMILES string of the molecule is O=C(CCn1cc([N+](=O)[O-])cn1)Nc1cccc(Cn2cc(Cl)cn2)c1. The molecule has 1 amide bonds. The molecule has 0 aliphatic heterocycles. The maximum Gasteiger partial charge on any atom is 0.306 e. The molecule has 10 heteroatoms. The van der Waals surface area contributed by atoms with Crippen molar-refractivity contribution >= 4 is 28.9 Å². The summed E-state index contributed by atoms with van der Waals surface area (Å²) in [7, 11) is 0. The van der Waals surface area contributed by atoms with E-state index in [2.05, 4.69) is 15.5 Å². The minimum absolute atomic E-state index is 0.100. The Hall–Kier alpha value is -3.20. The Morgan fingerprint density at radius 1 is 1.23 bits per heavy atom. The van der Waals surface area contributed by atoms with Gasteiger partial charge in [0.05, 0.1) is 22.7 Å². The van der Waals surface area contributed by atoms with E-state index in [1.807, 2.05) is 18.2 Å². The third kappa shape index (κ3) is 4.67. The molecule has 0 saturated heterocycles. The van der Waals surface area contributed by atoms with Crippen molar-refractivity contribution in [2.24, 2.45) is 0 Å². The number of rotatable bonds is 7. The van der Waals surface area contributed by atoms with Gasteiger partial charge < -0.3 is 5.32 Å². The Balaban J connectivity index is 1.55. The molecule has 26 heavy (non-hydrogen) atoms. The van der Waals surface area contributed by atoms with Crippen molar-refractivity contribution in [3.63, 3.8) is 0 Å². The first-order valence-corrected chi connectivity index (χ1v) is 8.11. The van der Waals surface area contributed by atoms with Crippen molar-refractivity contribution in [2.75, 3.05) is 5.32 Å². The molecule has 1 N–H and O–H groups in total. The van der Waals surface area contributed by atoms with Crippen molar-refractivity contribution in [1.29, 1.82) is 0 Å². The lowest BCUT2D eigenvalue weighted by Crippen LogP contribution is -2.15. The Kier molecular flexibility index (Phi) is 5.28. The summed E-state index contributed by atoms with van der Waals surface area (Å²) < 4.78 is 3.07. The fourth-order valence-corrected chi connectivity index (χ4v) is 2.52. The maximum atomic E-state index is 12.1. The number of anilines is 1. The third-order valence-corrected chi connectivity index (χ3v) is 3.75. The number of benzene rings is 1. The van der Waals surface area contributed by atoms with Gasteiger partial charge in [-0.3, -0.25) is 24.3 Å². The van der Waals surface area contributed by atoms with Crippen LogP contribution in [0.3, 0.4) is 0 Å². The highest BCUT2D eigenvalue weighted by molar-refractivity contribution is 6.30. The molecule has 134 valence electrons. The molecular weight excluding hydrogens is 360 g/mol. The first kappa shape index (κ1) is 17.6. The monoisotopic (exact) mass is 374 g/mol. The average Bonchev–Trinajstić information content (AvgIpc) is 3.22. The van der Waals surface area contributed by atoms with Crippen LogP contribution in [-0.2, 0) is 17.9 Å². The maximum absolute atomic E-state index is 12.1. The molecule has 0 unspecified atom stereocenters. The Morgan fingerprint density at radius 3 is 2.73 bits per heavy atom. The normalized spacial score (nSPS) is 10.7. The van der Waals surface area contributed by atoms with Crippen LogP contribution in [0.25, 0.3) is 0 Å². The predicted molar refractivity (Wildman–Crippen MR) is 94.9 cm³/mol. The number of nitro groups is 1. The van der Waals surface area contributed by atoms with Gasteiger partial charge >= 0.3 is 5.69 Å². The summed E-state index contributed by atoms with van der Waals surface area (Å²) in [5, 5.41) is 22.0. The van der Waals surface area contributed by atoms with Crippen LogP contribution in [-0.4, -0.2) is 30.4 Å². The van der Waals surface area contributed by atoms with Gasteiger partial charge in [-0.05, 0) is 17.7 Å². The highest BCUT2D eigenvalue weighted by atomic mass is 35.5. The van der Waals surface area contributed by atoms with Crippen LogP contribution in [0.2, 0.25) is 5.02 Å². The van der Waals surface area contributed by atoms with E-state index in [4.69, 9.17) is 11.6 Å². The largest absolute Gasteiger partial charge is 0.326 e. The molecule has 0 bridgehead atoms. The molecule has 0 aliphatic rings. The minimum Gasteiger partial charge on any atom is -0.326 e. The number of nitrogens with zero attached hydrogens (tertiary/aromatic N) is 5. The van der Waals surface area contributed by atoms with Gasteiger partial charge in [0.1, 0.15) is 12.4 Å². The number of aromatic nitrogens is 4. The first-order chi connectivity index (χ1) is 12.5. The lowest BCUT2D eigenvalue weighted by atomic mass is 10.2. The van der Waals surface area contributed by atoms with E-state index in [0.717, 1.165) is 11.8 Å². The Bertz CT molecular complexity index is 935. The highest BCUT2D eigenvalue weighted by Crippen LogP contribution is 2.14. The summed E-state index contributed by atoms with van der Waals surface area (Å²) in [5.74, 6) is -0.206. The number of carbonyl (C=O) groups excluding carboxylic acids is 1. The van der Waals surface area contributed by atoms with Crippen LogP contribution in [0.5, 0.6) is 0 Å². The molecule has 0 atom stereocenters. The summed E-state index contributed by atoms with van der Waals surface area (Å²) in [4.78, 5) is 22.2. The predicted octanol–water partition coefficient (Wildman–Crippen LogP) is 2.72. The zero-order valence-electron chi connectivity index (χ0n) is 13.6. The first-order valence-electron chi connectivity index (χ1n) is 7.73. The summed E-state index contributed by atoms with van der Waals surface area (Å²) >= 11 is 5.85. The number of carbonyl (C=O) groups is 1. The van der Waals surface area contributed by atoms with E-state index in [0.29, 0.717) is 17.3 Å². The second-order valence-electron chi connectivity index (χ2n) is 5.57. The molecule has 3 aromatic rings. The van der Waals surface area contributed by atoms with Crippen LogP contribution in [0.15, 0.2) is 49.1 Å². The summed E-state index contributed by atoms with van der Waals surface area (Å²) in [6, 6.07) is 7.41. The van der Waals surface area contributed by atoms with Gasteiger partial charge in [-0.1, -0.05) is 23.7 Å². The van der Waals surface area contributed by atoms with Crippen LogP contribution >= 0.6 is 11.6 Å². The highest BCUT2D eigenvalue weighted by Gasteiger charge is 2.10. The lowest BCUT2D eigenvalue weighted by molar-refractivity contribution is -0.385. The second kappa shape index (κ2) is 7.79. The van der Waals surface area contributed by atoms with E-state index in [-0.39, 0.29) is 24.6 Å². The van der Waals surface area contributed by atoms with E-state index >= 15 is 0 Å². The fourth-order valence-electron chi connectivity index (χ4n) is 2.37.